The van der Waals surface area contributed by atoms with E-state index in [1.54, 1.807) is 0 Å². The van der Waals surface area contributed by atoms with Crippen molar-refractivity contribution in [3.63, 3.8) is 0 Å². The van der Waals surface area contributed by atoms with E-state index in [1.165, 1.54) is 16.5 Å². The highest BCUT2D eigenvalue weighted by Gasteiger charge is 2.00. The van der Waals surface area contributed by atoms with E-state index in [4.69, 9.17) is 0 Å². The van der Waals surface area contributed by atoms with Gasteiger partial charge in [0, 0.05) is 5.39 Å². The summed E-state index contributed by atoms with van der Waals surface area (Å²) in [6.07, 6.45) is 1.07. The van der Waals surface area contributed by atoms with Crippen molar-refractivity contribution in [2.24, 2.45) is 0 Å². The number of fused-ring (bicyclic) bond motifs is 1. The third-order valence-corrected chi connectivity index (χ3v) is 3.22. The first-order valence-corrected chi connectivity index (χ1v) is 5.56. The molecule has 0 unspecified atom stereocenters. The maximum Gasteiger partial charge on any atom is 0.109 e. The molecule has 0 spiro atoms. The third-order valence-electron chi connectivity index (χ3n) is 2.42. The second kappa shape index (κ2) is 3.70. The smallest absolute Gasteiger partial charge is 0.109 e. The number of rotatable bonds is 1. The van der Waals surface area contributed by atoms with Crippen LogP contribution < -0.4 is 0 Å². The SMILES string of the molecule is CCc1ccc2nc(Br)c(C)cc2c1. The molecule has 0 saturated carbocycles. The van der Waals surface area contributed by atoms with Gasteiger partial charge in [-0.15, -0.1) is 0 Å². The normalized spacial score (nSPS) is 10.8. The summed E-state index contributed by atoms with van der Waals surface area (Å²) in [7, 11) is 0. The zero-order valence-electron chi connectivity index (χ0n) is 8.34. The molecule has 0 amide bonds. The Morgan fingerprint density at radius 3 is 2.79 bits per heavy atom. The van der Waals surface area contributed by atoms with Crippen LogP contribution in [0.2, 0.25) is 0 Å². The number of aryl methyl sites for hydroxylation is 2. The Labute approximate surface area is 92.3 Å². The largest absolute Gasteiger partial charge is 0.241 e. The summed E-state index contributed by atoms with van der Waals surface area (Å²) in [5, 5.41) is 1.23. The van der Waals surface area contributed by atoms with Gasteiger partial charge in [0.15, 0.2) is 0 Å². The van der Waals surface area contributed by atoms with Crippen molar-refractivity contribution in [2.75, 3.05) is 0 Å². The van der Waals surface area contributed by atoms with E-state index in [0.29, 0.717) is 0 Å². The summed E-state index contributed by atoms with van der Waals surface area (Å²) in [5.41, 5.74) is 3.60. The first-order valence-electron chi connectivity index (χ1n) is 4.76. The monoisotopic (exact) mass is 249 g/mol. The van der Waals surface area contributed by atoms with E-state index in [0.717, 1.165) is 16.5 Å². The van der Waals surface area contributed by atoms with Crippen LogP contribution in [0.15, 0.2) is 28.9 Å². The zero-order chi connectivity index (χ0) is 10.1. The first-order chi connectivity index (χ1) is 6.70. The van der Waals surface area contributed by atoms with Crippen molar-refractivity contribution >= 4 is 26.8 Å². The molecule has 0 aliphatic rings. The molecule has 2 heteroatoms. The second-order valence-corrected chi connectivity index (χ2v) is 4.23. The standard InChI is InChI=1S/C12H12BrN/c1-3-9-4-5-11-10(7-9)6-8(2)12(13)14-11/h4-7H,3H2,1-2H3. The molecule has 0 aliphatic heterocycles. The average Bonchev–Trinajstić information content (AvgIpc) is 2.19. The molecule has 0 N–H and O–H groups in total. The molecular weight excluding hydrogens is 238 g/mol. The molecule has 0 radical (unpaired) electrons. The molecular formula is C12H12BrN. The molecule has 14 heavy (non-hydrogen) atoms. The van der Waals surface area contributed by atoms with E-state index in [9.17, 15) is 0 Å². The van der Waals surface area contributed by atoms with Gasteiger partial charge >= 0.3 is 0 Å². The van der Waals surface area contributed by atoms with Crippen molar-refractivity contribution < 1.29 is 0 Å². The summed E-state index contributed by atoms with van der Waals surface area (Å²) in [6.45, 7) is 4.23. The van der Waals surface area contributed by atoms with E-state index in [1.807, 2.05) is 0 Å². The number of hydrogen-bond donors (Lipinski definition) is 0. The highest BCUT2D eigenvalue weighted by molar-refractivity contribution is 9.10. The molecule has 2 rings (SSSR count). The van der Waals surface area contributed by atoms with Gasteiger partial charge in [0.25, 0.3) is 0 Å². The average molecular weight is 250 g/mol. The lowest BCUT2D eigenvalue weighted by atomic mass is 10.1. The van der Waals surface area contributed by atoms with Crippen LogP contribution in [0.25, 0.3) is 10.9 Å². The minimum Gasteiger partial charge on any atom is -0.241 e. The number of benzene rings is 1. The summed E-state index contributed by atoms with van der Waals surface area (Å²) in [5.74, 6) is 0. The van der Waals surface area contributed by atoms with Gasteiger partial charge in [0.2, 0.25) is 0 Å². The van der Waals surface area contributed by atoms with Crippen LogP contribution in [-0.4, -0.2) is 4.98 Å². The minimum atomic E-state index is 0.939. The zero-order valence-corrected chi connectivity index (χ0v) is 9.93. The maximum absolute atomic E-state index is 4.47. The van der Waals surface area contributed by atoms with Crippen LogP contribution in [0.5, 0.6) is 0 Å². The number of pyridine rings is 1. The predicted molar refractivity (Wildman–Crippen MR) is 63.6 cm³/mol. The van der Waals surface area contributed by atoms with E-state index >= 15 is 0 Å². The fraction of sp³-hybridized carbons (Fsp3) is 0.250. The molecule has 0 saturated heterocycles. The van der Waals surface area contributed by atoms with Crippen LogP contribution in [0.1, 0.15) is 18.1 Å². The Kier molecular flexibility index (Phi) is 2.55. The number of halogens is 1. The van der Waals surface area contributed by atoms with Crippen molar-refractivity contribution in [1.82, 2.24) is 4.98 Å². The van der Waals surface area contributed by atoms with Crippen molar-refractivity contribution in [2.45, 2.75) is 20.3 Å². The molecule has 0 atom stereocenters. The molecule has 0 bridgehead atoms. The maximum atomic E-state index is 4.47. The Balaban J connectivity index is 2.70. The lowest BCUT2D eigenvalue weighted by Crippen LogP contribution is -1.86. The minimum absolute atomic E-state index is 0.939. The van der Waals surface area contributed by atoms with Gasteiger partial charge < -0.3 is 0 Å². The van der Waals surface area contributed by atoms with Crippen LogP contribution in [-0.2, 0) is 6.42 Å². The molecule has 1 heterocycles. The molecule has 1 nitrogen and oxygen atoms in total. The Bertz CT molecular complexity index is 477. The topological polar surface area (TPSA) is 12.9 Å². The molecule has 72 valence electrons. The Morgan fingerprint density at radius 2 is 2.07 bits per heavy atom. The van der Waals surface area contributed by atoms with Crippen LogP contribution in [0.3, 0.4) is 0 Å². The van der Waals surface area contributed by atoms with Gasteiger partial charge in [-0.05, 0) is 58.6 Å². The molecule has 2 aromatic rings. The van der Waals surface area contributed by atoms with E-state index in [2.05, 4.69) is 59.0 Å². The molecule has 0 aliphatic carbocycles. The van der Waals surface area contributed by atoms with Crippen LogP contribution in [0.4, 0.5) is 0 Å². The van der Waals surface area contributed by atoms with Gasteiger partial charge in [-0.2, -0.15) is 0 Å². The van der Waals surface area contributed by atoms with Crippen molar-refractivity contribution in [3.05, 3.63) is 40.0 Å². The highest BCUT2D eigenvalue weighted by Crippen LogP contribution is 2.21. The van der Waals surface area contributed by atoms with Gasteiger partial charge in [0.05, 0.1) is 5.52 Å². The quantitative estimate of drug-likeness (QED) is 0.700. The lowest BCUT2D eigenvalue weighted by molar-refractivity contribution is 1.14. The van der Waals surface area contributed by atoms with Gasteiger partial charge in [0.1, 0.15) is 4.60 Å². The van der Waals surface area contributed by atoms with Gasteiger partial charge in [-0.3, -0.25) is 0 Å². The fourth-order valence-electron chi connectivity index (χ4n) is 1.53. The van der Waals surface area contributed by atoms with Crippen LogP contribution in [0, 0.1) is 6.92 Å². The number of aromatic nitrogens is 1. The summed E-state index contributed by atoms with van der Waals surface area (Å²) in [4.78, 5) is 4.47. The molecule has 1 aromatic heterocycles. The highest BCUT2D eigenvalue weighted by atomic mass is 79.9. The van der Waals surface area contributed by atoms with Gasteiger partial charge in [-0.1, -0.05) is 13.0 Å². The Hall–Kier alpha value is -0.890. The third kappa shape index (κ3) is 1.67. The summed E-state index contributed by atoms with van der Waals surface area (Å²) in [6, 6.07) is 8.60. The summed E-state index contributed by atoms with van der Waals surface area (Å²) < 4.78 is 0.939. The molecule has 0 fully saturated rings. The second-order valence-electron chi connectivity index (χ2n) is 3.48. The van der Waals surface area contributed by atoms with E-state index < -0.39 is 0 Å². The lowest BCUT2D eigenvalue weighted by Gasteiger charge is -2.03. The molecule has 1 aromatic carbocycles. The van der Waals surface area contributed by atoms with Crippen molar-refractivity contribution in [1.29, 1.82) is 0 Å². The summed E-state index contributed by atoms with van der Waals surface area (Å²) >= 11 is 3.44. The van der Waals surface area contributed by atoms with Gasteiger partial charge in [-0.25, -0.2) is 4.98 Å². The fourth-order valence-corrected chi connectivity index (χ4v) is 1.83. The van der Waals surface area contributed by atoms with E-state index in [-0.39, 0.29) is 0 Å². The van der Waals surface area contributed by atoms with Crippen molar-refractivity contribution in [3.8, 4) is 0 Å². The Morgan fingerprint density at radius 1 is 1.29 bits per heavy atom. The first kappa shape index (κ1) is 9.66. The number of nitrogens with zero attached hydrogens (tertiary/aromatic N) is 1. The number of hydrogen-bond acceptors (Lipinski definition) is 1. The predicted octanol–water partition coefficient (Wildman–Crippen LogP) is 3.87. The van der Waals surface area contributed by atoms with Crippen LogP contribution >= 0.6 is 15.9 Å².